The summed E-state index contributed by atoms with van der Waals surface area (Å²) in [5, 5.41) is 0. The van der Waals surface area contributed by atoms with Crippen LogP contribution in [0.5, 0.6) is 0 Å². The number of aromatic amines is 1. The fourth-order valence-corrected chi connectivity index (χ4v) is 1.58. The Bertz CT molecular complexity index is 490. The first-order chi connectivity index (χ1) is 6.70. The summed E-state index contributed by atoms with van der Waals surface area (Å²) in [6.07, 6.45) is 0. The first kappa shape index (κ1) is 9.27. The van der Waals surface area contributed by atoms with E-state index >= 15 is 0 Å². The molecule has 1 aromatic carbocycles. The van der Waals surface area contributed by atoms with Crippen molar-refractivity contribution >= 4 is 29.4 Å². The summed E-state index contributed by atoms with van der Waals surface area (Å²) in [4.78, 5) is 18.7. The van der Waals surface area contributed by atoms with E-state index in [4.69, 9.17) is 0 Å². The molecule has 1 heterocycles. The second-order valence-electron chi connectivity index (χ2n) is 3.14. The molecular formula is C10H10N2OS. The Morgan fingerprint density at radius 2 is 2.36 bits per heavy atom. The van der Waals surface area contributed by atoms with Gasteiger partial charge < -0.3 is 4.98 Å². The van der Waals surface area contributed by atoms with Crippen molar-refractivity contribution in [3.63, 3.8) is 0 Å². The number of aromatic nitrogens is 2. The molecule has 0 radical (unpaired) electrons. The van der Waals surface area contributed by atoms with Crippen LogP contribution in [0.15, 0.2) is 18.2 Å². The second kappa shape index (κ2) is 3.46. The monoisotopic (exact) mass is 206 g/mol. The molecule has 0 saturated carbocycles. The summed E-state index contributed by atoms with van der Waals surface area (Å²) >= 11 is 3.95. The summed E-state index contributed by atoms with van der Waals surface area (Å²) < 4.78 is 0. The molecule has 3 nitrogen and oxygen atoms in total. The maximum atomic E-state index is 11.4. The molecule has 0 atom stereocenters. The smallest absolute Gasteiger partial charge is 0.172 e. The molecule has 0 amide bonds. The third-order valence-electron chi connectivity index (χ3n) is 2.07. The van der Waals surface area contributed by atoms with Crippen LogP contribution < -0.4 is 0 Å². The summed E-state index contributed by atoms with van der Waals surface area (Å²) in [6, 6.07) is 5.44. The van der Waals surface area contributed by atoms with Crippen LogP contribution in [-0.2, 0) is 0 Å². The highest BCUT2D eigenvalue weighted by atomic mass is 32.1. The van der Waals surface area contributed by atoms with Crippen molar-refractivity contribution in [2.75, 3.05) is 5.75 Å². The largest absolute Gasteiger partial charge is 0.342 e. The third kappa shape index (κ3) is 1.53. The third-order valence-corrected chi connectivity index (χ3v) is 2.35. The molecule has 2 aromatic rings. The number of benzene rings is 1. The predicted octanol–water partition coefficient (Wildman–Crippen LogP) is 1.98. The van der Waals surface area contributed by atoms with Gasteiger partial charge in [0.15, 0.2) is 5.78 Å². The molecule has 0 saturated heterocycles. The van der Waals surface area contributed by atoms with Crippen LogP contribution in [0.4, 0.5) is 0 Å². The molecule has 0 unspecified atom stereocenters. The highest BCUT2D eigenvalue weighted by Crippen LogP contribution is 2.14. The first-order valence-corrected chi connectivity index (χ1v) is 4.94. The van der Waals surface area contributed by atoms with Crippen LogP contribution in [0.2, 0.25) is 0 Å². The number of ketones is 1. The molecule has 0 bridgehead atoms. The lowest BCUT2D eigenvalue weighted by atomic mass is 10.1. The van der Waals surface area contributed by atoms with Crippen molar-refractivity contribution in [3.8, 4) is 0 Å². The van der Waals surface area contributed by atoms with E-state index in [2.05, 4.69) is 22.6 Å². The Morgan fingerprint density at radius 3 is 3.07 bits per heavy atom. The van der Waals surface area contributed by atoms with Crippen molar-refractivity contribution in [2.45, 2.75) is 6.92 Å². The van der Waals surface area contributed by atoms with E-state index in [1.807, 2.05) is 19.1 Å². The van der Waals surface area contributed by atoms with E-state index in [-0.39, 0.29) is 11.5 Å². The summed E-state index contributed by atoms with van der Waals surface area (Å²) in [5.41, 5.74) is 2.46. The standard InChI is InChI=1S/C10H10N2OS/c1-6-11-8-3-2-7(10(13)5-14)4-9(8)12-6/h2-4,14H,5H2,1H3,(H,11,12). The number of thiol groups is 1. The number of nitrogens with zero attached hydrogens (tertiary/aromatic N) is 1. The molecule has 72 valence electrons. The molecule has 4 heteroatoms. The second-order valence-corrected chi connectivity index (χ2v) is 3.45. The number of imidazole rings is 1. The van der Waals surface area contributed by atoms with Gasteiger partial charge in [0.2, 0.25) is 0 Å². The average molecular weight is 206 g/mol. The Morgan fingerprint density at radius 1 is 1.57 bits per heavy atom. The van der Waals surface area contributed by atoms with Crippen molar-refractivity contribution in [2.24, 2.45) is 0 Å². The number of nitrogens with one attached hydrogen (secondary N) is 1. The number of fused-ring (bicyclic) bond motifs is 1. The van der Waals surface area contributed by atoms with Crippen molar-refractivity contribution in [1.82, 2.24) is 9.97 Å². The highest BCUT2D eigenvalue weighted by Gasteiger charge is 2.05. The SMILES string of the molecule is Cc1nc2ccc(C(=O)CS)cc2[nH]1. The van der Waals surface area contributed by atoms with E-state index < -0.39 is 0 Å². The number of H-pyrrole nitrogens is 1. The average Bonchev–Trinajstić information content (AvgIpc) is 2.55. The lowest BCUT2D eigenvalue weighted by Gasteiger charge is -1.96. The maximum absolute atomic E-state index is 11.4. The van der Waals surface area contributed by atoms with Crippen LogP contribution in [0.1, 0.15) is 16.2 Å². The van der Waals surface area contributed by atoms with Crippen molar-refractivity contribution < 1.29 is 4.79 Å². The number of carbonyl (C=O) groups is 1. The number of aryl methyl sites for hydroxylation is 1. The zero-order valence-corrected chi connectivity index (χ0v) is 8.64. The number of Topliss-reactive ketones (excluding diaryl/α,β-unsaturated/α-hetero) is 1. The van der Waals surface area contributed by atoms with Crippen LogP contribution >= 0.6 is 12.6 Å². The summed E-state index contributed by atoms with van der Waals surface area (Å²) in [6.45, 7) is 1.89. The minimum absolute atomic E-state index is 0.0301. The molecular weight excluding hydrogens is 196 g/mol. The highest BCUT2D eigenvalue weighted by molar-refractivity contribution is 7.81. The van der Waals surface area contributed by atoms with Crippen molar-refractivity contribution in [1.29, 1.82) is 0 Å². The maximum Gasteiger partial charge on any atom is 0.172 e. The van der Waals surface area contributed by atoms with E-state index in [0.717, 1.165) is 16.9 Å². The van der Waals surface area contributed by atoms with Gasteiger partial charge in [-0.2, -0.15) is 12.6 Å². The van der Waals surface area contributed by atoms with Crippen molar-refractivity contribution in [3.05, 3.63) is 29.6 Å². The van der Waals surface area contributed by atoms with E-state index in [1.54, 1.807) is 6.07 Å². The van der Waals surface area contributed by atoms with Gasteiger partial charge >= 0.3 is 0 Å². The van der Waals surface area contributed by atoms with Gasteiger partial charge in [0.1, 0.15) is 5.82 Å². The number of carbonyl (C=O) groups excluding carboxylic acids is 1. The van der Waals surface area contributed by atoms with Gasteiger partial charge in [0.25, 0.3) is 0 Å². The van der Waals surface area contributed by atoms with Crippen LogP contribution in [-0.4, -0.2) is 21.5 Å². The van der Waals surface area contributed by atoms with Gasteiger partial charge in [-0.05, 0) is 25.1 Å². The van der Waals surface area contributed by atoms with E-state index in [9.17, 15) is 4.79 Å². The normalized spacial score (nSPS) is 10.7. The zero-order valence-electron chi connectivity index (χ0n) is 7.74. The molecule has 1 N–H and O–H groups in total. The molecule has 14 heavy (non-hydrogen) atoms. The fraction of sp³-hybridized carbons (Fsp3) is 0.200. The molecule has 2 rings (SSSR count). The molecule has 0 spiro atoms. The Kier molecular flexibility index (Phi) is 2.29. The van der Waals surface area contributed by atoms with Crippen LogP contribution in [0.3, 0.4) is 0 Å². The van der Waals surface area contributed by atoms with Gasteiger partial charge in [-0.25, -0.2) is 4.98 Å². The molecule has 0 aliphatic heterocycles. The Hall–Kier alpha value is -1.29. The lowest BCUT2D eigenvalue weighted by Crippen LogP contribution is -1.99. The van der Waals surface area contributed by atoms with Crippen LogP contribution in [0, 0.1) is 6.92 Å². The van der Waals surface area contributed by atoms with Gasteiger partial charge in [-0.1, -0.05) is 0 Å². The first-order valence-electron chi connectivity index (χ1n) is 4.31. The molecule has 0 fully saturated rings. The number of hydrogen-bond acceptors (Lipinski definition) is 3. The topological polar surface area (TPSA) is 45.8 Å². The summed E-state index contributed by atoms with van der Waals surface area (Å²) in [5.74, 6) is 1.12. The van der Waals surface area contributed by atoms with Gasteiger partial charge in [-0.15, -0.1) is 0 Å². The lowest BCUT2D eigenvalue weighted by molar-refractivity contribution is 0.102. The minimum Gasteiger partial charge on any atom is -0.342 e. The fourth-order valence-electron chi connectivity index (χ4n) is 1.40. The van der Waals surface area contributed by atoms with Crippen LogP contribution in [0.25, 0.3) is 11.0 Å². The van der Waals surface area contributed by atoms with Gasteiger partial charge in [0.05, 0.1) is 16.8 Å². The summed E-state index contributed by atoms with van der Waals surface area (Å²) in [7, 11) is 0. The molecule has 0 aliphatic rings. The predicted molar refractivity (Wildman–Crippen MR) is 59.0 cm³/mol. The van der Waals surface area contributed by atoms with E-state index in [1.165, 1.54) is 0 Å². The van der Waals surface area contributed by atoms with E-state index in [0.29, 0.717) is 5.56 Å². The number of hydrogen-bond donors (Lipinski definition) is 2. The zero-order chi connectivity index (χ0) is 10.1. The number of rotatable bonds is 2. The Balaban J connectivity index is 2.55. The molecule has 1 aromatic heterocycles. The quantitative estimate of drug-likeness (QED) is 0.583. The Labute approximate surface area is 87.0 Å². The minimum atomic E-state index is 0.0301. The van der Waals surface area contributed by atoms with Gasteiger partial charge in [-0.3, -0.25) is 4.79 Å². The molecule has 0 aliphatic carbocycles. The van der Waals surface area contributed by atoms with Gasteiger partial charge in [0, 0.05) is 5.56 Å².